The van der Waals surface area contributed by atoms with Gasteiger partial charge in [-0.25, -0.2) is 0 Å². The molecule has 2 N–H and O–H groups in total. The van der Waals surface area contributed by atoms with Crippen LogP contribution < -0.4 is 5.73 Å². The lowest BCUT2D eigenvalue weighted by atomic mass is 9.98. The van der Waals surface area contributed by atoms with E-state index in [1.807, 2.05) is 0 Å². The second-order valence-electron chi connectivity index (χ2n) is 4.15. The van der Waals surface area contributed by atoms with Crippen molar-refractivity contribution in [2.45, 2.75) is 38.1 Å². The highest BCUT2D eigenvalue weighted by Crippen LogP contribution is 2.41. The molecule has 0 unspecified atom stereocenters. The van der Waals surface area contributed by atoms with Crippen LogP contribution in [0.5, 0.6) is 0 Å². The Bertz CT molecular complexity index is 287. The van der Waals surface area contributed by atoms with Crippen molar-refractivity contribution >= 4 is 0 Å². The lowest BCUT2D eigenvalue weighted by molar-refractivity contribution is 0.731. The van der Waals surface area contributed by atoms with Gasteiger partial charge in [0.05, 0.1) is 0 Å². The van der Waals surface area contributed by atoms with E-state index in [-0.39, 0.29) is 6.04 Å². The number of rotatable bonds is 3. The van der Waals surface area contributed by atoms with Crippen LogP contribution in [0.25, 0.3) is 0 Å². The fourth-order valence-electron chi connectivity index (χ4n) is 1.86. The minimum absolute atomic E-state index is 0.278. The van der Waals surface area contributed by atoms with Crippen LogP contribution in [0.2, 0.25) is 0 Å². The van der Waals surface area contributed by atoms with Crippen LogP contribution in [0.4, 0.5) is 0 Å². The maximum absolute atomic E-state index is 5.81. The van der Waals surface area contributed by atoms with Crippen LogP contribution in [0, 0.1) is 0 Å². The first-order valence-corrected chi connectivity index (χ1v) is 5.11. The van der Waals surface area contributed by atoms with Crippen molar-refractivity contribution < 1.29 is 0 Å². The maximum atomic E-state index is 5.81. The zero-order chi connectivity index (χ0) is 9.26. The van der Waals surface area contributed by atoms with Crippen LogP contribution in [-0.4, -0.2) is 6.04 Å². The van der Waals surface area contributed by atoms with Crippen molar-refractivity contribution in [1.82, 2.24) is 0 Å². The molecule has 1 atom stereocenters. The van der Waals surface area contributed by atoms with Crippen molar-refractivity contribution in [2.75, 3.05) is 0 Å². The van der Waals surface area contributed by atoms with Crippen molar-refractivity contribution in [2.24, 2.45) is 5.73 Å². The molecule has 0 bridgehead atoms. The lowest BCUT2D eigenvalue weighted by Gasteiger charge is -2.10. The molecule has 0 aromatic heterocycles. The molecule has 0 aliphatic heterocycles. The third-order valence-corrected chi connectivity index (χ3v) is 2.61. The number of hydrogen-bond donors (Lipinski definition) is 1. The van der Waals surface area contributed by atoms with Gasteiger partial charge in [0, 0.05) is 6.04 Å². The summed E-state index contributed by atoms with van der Waals surface area (Å²) in [6.45, 7) is 2.07. The van der Waals surface area contributed by atoms with E-state index < -0.39 is 0 Å². The summed E-state index contributed by atoms with van der Waals surface area (Å²) in [7, 11) is 0. The predicted octanol–water partition coefficient (Wildman–Crippen LogP) is 2.45. The zero-order valence-electron chi connectivity index (χ0n) is 8.16. The van der Waals surface area contributed by atoms with E-state index in [2.05, 4.69) is 31.2 Å². The summed E-state index contributed by atoms with van der Waals surface area (Å²) in [5.74, 6) is 0.843. The highest BCUT2D eigenvalue weighted by molar-refractivity contribution is 5.33. The molecular weight excluding hydrogens is 158 g/mol. The Morgan fingerprint density at radius 1 is 1.38 bits per heavy atom. The molecule has 0 radical (unpaired) electrons. The van der Waals surface area contributed by atoms with Gasteiger partial charge in [0.25, 0.3) is 0 Å². The van der Waals surface area contributed by atoms with Crippen LogP contribution >= 0.6 is 0 Å². The SMILES string of the molecule is C[C@@H](N)Cc1ccccc1C1CC1. The average molecular weight is 175 g/mol. The molecular formula is C12H17N. The quantitative estimate of drug-likeness (QED) is 0.750. The molecule has 13 heavy (non-hydrogen) atoms. The van der Waals surface area contributed by atoms with Crippen LogP contribution in [0.1, 0.15) is 36.8 Å². The first-order chi connectivity index (χ1) is 6.27. The molecule has 1 nitrogen and oxygen atoms in total. The summed E-state index contributed by atoms with van der Waals surface area (Å²) < 4.78 is 0. The topological polar surface area (TPSA) is 26.0 Å². The van der Waals surface area contributed by atoms with Gasteiger partial charge < -0.3 is 5.73 Å². The summed E-state index contributed by atoms with van der Waals surface area (Å²) in [5, 5.41) is 0. The fraction of sp³-hybridized carbons (Fsp3) is 0.500. The molecule has 1 aliphatic carbocycles. The molecule has 0 amide bonds. The molecule has 1 aliphatic rings. The van der Waals surface area contributed by atoms with Crippen molar-refractivity contribution in [3.63, 3.8) is 0 Å². The monoisotopic (exact) mass is 175 g/mol. The van der Waals surface area contributed by atoms with Crippen LogP contribution in [0.3, 0.4) is 0 Å². The minimum atomic E-state index is 0.278. The predicted molar refractivity (Wildman–Crippen MR) is 55.8 cm³/mol. The standard InChI is InChI=1S/C12H17N/c1-9(13)8-11-4-2-3-5-12(11)10-6-7-10/h2-5,9-10H,6-8,13H2,1H3/t9-/m1/s1. The summed E-state index contributed by atoms with van der Waals surface area (Å²) in [5.41, 5.74) is 8.81. The Kier molecular flexibility index (Phi) is 2.36. The van der Waals surface area contributed by atoms with Gasteiger partial charge in [-0.1, -0.05) is 24.3 Å². The molecule has 70 valence electrons. The van der Waals surface area contributed by atoms with E-state index in [1.54, 1.807) is 5.56 Å². The molecule has 0 spiro atoms. The van der Waals surface area contributed by atoms with Gasteiger partial charge in [0.15, 0.2) is 0 Å². The molecule has 1 aromatic rings. The van der Waals surface area contributed by atoms with Gasteiger partial charge in [-0.05, 0) is 43.2 Å². The van der Waals surface area contributed by atoms with E-state index in [0.29, 0.717) is 0 Å². The van der Waals surface area contributed by atoms with E-state index in [4.69, 9.17) is 5.73 Å². The van der Waals surface area contributed by atoms with Gasteiger partial charge in [0.2, 0.25) is 0 Å². The Morgan fingerprint density at radius 3 is 2.69 bits per heavy atom. The molecule has 0 saturated heterocycles. The van der Waals surface area contributed by atoms with E-state index in [1.165, 1.54) is 18.4 Å². The Hall–Kier alpha value is -0.820. The van der Waals surface area contributed by atoms with Crippen molar-refractivity contribution in [3.05, 3.63) is 35.4 Å². The fourth-order valence-corrected chi connectivity index (χ4v) is 1.86. The second kappa shape index (κ2) is 3.51. The second-order valence-corrected chi connectivity index (χ2v) is 4.15. The van der Waals surface area contributed by atoms with Gasteiger partial charge in [-0.3, -0.25) is 0 Å². The minimum Gasteiger partial charge on any atom is -0.328 e. The van der Waals surface area contributed by atoms with E-state index in [0.717, 1.165) is 12.3 Å². The average Bonchev–Trinajstić information content (AvgIpc) is 2.87. The van der Waals surface area contributed by atoms with Gasteiger partial charge in [0.1, 0.15) is 0 Å². The Morgan fingerprint density at radius 2 is 2.08 bits per heavy atom. The van der Waals surface area contributed by atoms with Crippen molar-refractivity contribution in [1.29, 1.82) is 0 Å². The first-order valence-electron chi connectivity index (χ1n) is 5.11. The largest absolute Gasteiger partial charge is 0.328 e. The third kappa shape index (κ3) is 2.10. The first kappa shape index (κ1) is 8.76. The maximum Gasteiger partial charge on any atom is 0.00510 e. The van der Waals surface area contributed by atoms with Crippen LogP contribution in [-0.2, 0) is 6.42 Å². The molecule has 0 heterocycles. The Balaban J connectivity index is 2.21. The normalized spacial score (nSPS) is 18.6. The highest BCUT2D eigenvalue weighted by Gasteiger charge is 2.25. The van der Waals surface area contributed by atoms with Gasteiger partial charge in [-0.15, -0.1) is 0 Å². The highest BCUT2D eigenvalue weighted by atomic mass is 14.6. The number of hydrogen-bond acceptors (Lipinski definition) is 1. The van der Waals surface area contributed by atoms with E-state index >= 15 is 0 Å². The molecule has 2 rings (SSSR count). The number of benzene rings is 1. The molecule has 1 heteroatoms. The summed E-state index contributed by atoms with van der Waals surface area (Å²) in [4.78, 5) is 0. The van der Waals surface area contributed by atoms with Crippen molar-refractivity contribution in [3.8, 4) is 0 Å². The summed E-state index contributed by atoms with van der Waals surface area (Å²) in [6, 6.07) is 9.01. The summed E-state index contributed by atoms with van der Waals surface area (Å²) in [6.07, 6.45) is 3.76. The smallest absolute Gasteiger partial charge is 0.00510 e. The molecule has 1 saturated carbocycles. The molecule has 1 fully saturated rings. The van der Waals surface area contributed by atoms with Gasteiger partial charge in [-0.2, -0.15) is 0 Å². The molecule has 1 aromatic carbocycles. The Labute approximate surface area is 80.0 Å². The number of nitrogens with two attached hydrogens (primary N) is 1. The lowest BCUT2D eigenvalue weighted by Crippen LogP contribution is -2.18. The van der Waals surface area contributed by atoms with E-state index in [9.17, 15) is 0 Å². The van der Waals surface area contributed by atoms with Gasteiger partial charge >= 0.3 is 0 Å². The zero-order valence-corrected chi connectivity index (χ0v) is 8.16. The third-order valence-electron chi connectivity index (χ3n) is 2.61. The van der Waals surface area contributed by atoms with Crippen LogP contribution in [0.15, 0.2) is 24.3 Å². The summed E-state index contributed by atoms with van der Waals surface area (Å²) >= 11 is 0.